The van der Waals surface area contributed by atoms with E-state index in [2.05, 4.69) is 15.2 Å². The van der Waals surface area contributed by atoms with Crippen LogP contribution >= 0.6 is 0 Å². The third-order valence-corrected chi connectivity index (χ3v) is 6.23. The maximum atomic E-state index is 12.7. The minimum absolute atomic E-state index is 0.0265. The number of rotatable bonds is 6. The Hall–Kier alpha value is -2.25. The molecule has 0 atom stereocenters. The van der Waals surface area contributed by atoms with E-state index in [1.165, 1.54) is 0 Å². The highest BCUT2D eigenvalue weighted by atomic mass is 16.5. The Kier molecular flexibility index (Phi) is 6.56. The molecule has 1 aromatic heterocycles. The van der Waals surface area contributed by atoms with E-state index in [1.54, 1.807) is 10.9 Å². The first-order valence-electron chi connectivity index (χ1n) is 10.7. The highest BCUT2D eigenvalue weighted by Gasteiger charge is 2.26. The van der Waals surface area contributed by atoms with Crippen LogP contribution in [0.3, 0.4) is 0 Å². The standard InChI is InChI=1S/C22H30N4O3/c27-21(23-9-10-25-11-13-29-14-12-25)18-7-5-17(6-8-18)15-26-16-24-20-4-2-1-3-19(20)22(26)28/h1-4,16-18H,5-15H2,(H,23,27). The predicted molar refractivity (Wildman–Crippen MR) is 112 cm³/mol. The number of hydrogen-bond donors (Lipinski definition) is 1. The number of hydrogen-bond acceptors (Lipinski definition) is 5. The molecule has 2 heterocycles. The lowest BCUT2D eigenvalue weighted by molar-refractivity contribution is -0.126. The Labute approximate surface area is 171 Å². The normalized spacial score (nSPS) is 23.2. The van der Waals surface area contributed by atoms with E-state index in [4.69, 9.17) is 4.74 Å². The molecule has 2 fully saturated rings. The maximum absolute atomic E-state index is 12.7. The lowest BCUT2D eigenvalue weighted by atomic mass is 9.81. The van der Waals surface area contributed by atoms with Crippen molar-refractivity contribution in [3.8, 4) is 0 Å². The van der Waals surface area contributed by atoms with Gasteiger partial charge in [-0.15, -0.1) is 0 Å². The van der Waals surface area contributed by atoms with Crippen LogP contribution < -0.4 is 10.9 Å². The summed E-state index contributed by atoms with van der Waals surface area (Å²) < 4.78 is 7.08. The summed E-state index contributed by atoms with van der Waals surface area (Å²) in [6, 6.07) is 7.47. The predicted octanol–water partition coefficient (Wildman–Crippen LogP) is 1.65. The van der Waals surface area contributed by atoms with E-state index >= 15 is 0 Å². The molecular weight excluding hydrogens is 368 g/mol. The van der Waals surface area contributed by atoms with Crippen molar-refractivity contribution in [2.45, 2.75) is 32.2 Å². The first-order valence-corrected chi connectivity index (χ1v) is 10.7. The maximum Gasteiger partial charge on any atom is 0.261 e. The fourth-order valence-corrected chi connectivity index (χ4v) is 4.43. The molecule has 1 aliphatic heterocycles. The van der Waals surface area contributed by atoms with Crippen LogP contribution in [0.5, 0.6) is 0 Å². The van der Waals surface area contributed by atoms with Crippen LogP contribution in [0.4, 0.5) is 0 Å². The van der Waals surface area contributed by atoms with Crippen LogP contribution in [-0.2, 0) is 16.1 Å². The summed E-state index contributed by atoms with van der Waals surface area (Å²) in [5.74, 6) is 0.705. The zero-order chi connectivity index (χ0) is 20.1. The summed E-state index contributed by atoms with van der Waals surface area (Å²) in [6.45, 7) is 5.75. The number of ether oxygens (including phenoxy) is 1. The topological polar surface area (TPSA) is 76.5 Å². The number of nitrogens with zero attached hydrogens (tertiary/aromatic N) is 3. The molecule has 1 amide bonds. The fraction of sp³-hybridized carbons (Fsp3) is 0.591. The average Bonchev–Trinajstić information content (AvgIpc) is 2.77. The number of aromatic nitrogens is 2. The molecule has 2 aromatic rings. The molecule has 1 aromatic carbocycles. The summed E-state index contributed by atoms with van der Waals surface area (Å²) in [7, 11) is 0. The van der Waals surface area contributed by atoms with Gasteiger partial charge in [-0.1, -0.05) is 12.1 Å². The minimum atomic E-state index is 0.0265. The molecule has 0 spiro atoms. The van der Waals surface area contributed by atoms with Crippen molar-refractivity contribution >= 4 is 16.8 Å². The molecule has 156 valence electrons. The molecule has 29 heavy (non-hydrogen) atoms. The van der Waals surface area contributed by atoms with Gasteiger partial charge >= 0.3 is 0 Å². The van der Waals surface area contributed by atoms with Crippen molar-refractivity contribution in [3.05, 3.63) is 40.9 Å². The molecule has 0 radical (unpaired) electrons. The van der Waals surface area contributed by atoms with Gasteiger partial charge in [-0.3, -0.25) is 19.1 Å². The van der Waals surface area contributed by atoms with Gasteiger partial charge in [0.25, 0.3) is 5.56 Å². The van der Waals surface area contributed by atoms with Gasteiger partial charge in [-0.2, -0.15) is 0 Å². The van der Waals surface area contributed by atoms with Gasteiger partial charge in [0, 0.05) is 38.6 Å². The van der Waals surface area contributed by atoms with Crippen LogP contribution in [0.1, 0.15) is 25.7 Å². The van der Waals surface area contributed by atoms with E-state index in [-0.39, 0.29) is 17.4 Å². The number of carbonyl (C=O) groups is 1. The van der Waals surface area contributed by atoms with Gasteiger partial charge < -0.3 is 10.1 Å². The van der Waals surface area contributed by atoms with E-state index in [1.807, 2.05) is 24.3 Å². The number of fused-ring (bicyclic) bond motifs is 1. The second-order valence-corrected chi connectivity index (χ2v) is 8.18. The highest BCUT2D eigenvalue weighted by molar-refractivity contribution is 5.78. The SMILES string of the molecule is O=C(NCCN1CCOCC1)C1CCC(Cn2cnc3ccccc3c2=O)CC1. The second-order valence-electron chi connectivity index (χ2n) is 8.18. The number of nitrogens with one attached hydrogen (secondary N) is 1. The number of benzene rings is 1. The molecular formula is C22H30N4O3. The lowest BCUT2D eigenvalue weighted by Crippen LogP contribution is -2.42. The smallest absolute Gasteiger partial charge is 0.261 e. The molecule has 1 saturated heterocycles. The number of carbonyl (C=O) groups excluding carboxylic acids is 1. The Balaban J connectivity index is 1.23. The molecule has 4 rings (SSSR count). The summed E-state index contributed by atoms with van der Waals surface area (Å²) >= 11 is 0. The molecule has 0 unspecified atom stereocenters. The van der Waals surface area contributed by atoms with Gasteiger partial charge in [0.05, 0.1) is 30.4 Å². The molecule has 1 aliphatic carbocycles. The van der Waals surface area contributed by atoms with Crippen molar-refractivity contribution < 1.29 is 9.53 Å². The van der Waals surface area contributed by atoms with Crippen molar-refractivity contribution in [2.24, 2.45) is 11.8 Å². The summed E-state index contributed by atoms with van der Waals surface area (Å²) in [5, 5.41) is 3.78. The molecule has 1 N–H and O–H groups in total. The zero-order valence-electron chi connectivity index (χ0n) is 16.9. The van der Waals surface area contributed by atoms with E-state index in [9.17, 15) is 9.59 Å². The summed E-state index contributed by atoms with van der Waals surface area (Å²) in [4.78, 5) is 31.9. The van der Waals surface area contributed by atoms with Crippen molar-refractivity contribution in [3.63, 3.8) is 0 Å². The first kappa shape index (κ1) is 20.0. The van der Waals surface area contributed by atoms with Crippen LogP contribution in [-0.4, -0.2) is 59.8 Å². The molecule has 7 nitrogen and oxygen atoms in total. The Morgan fingerprint density at radius 2 is 1.90 bits per heavy atom. The Bertz CT molecular complexity index is 883. The fourth-order valence-electron chi connectivity index (χ4n) is 4.43. The van der Waals surface area contributed by atoms with Gasteiger partial charge in [0.2, 0.25) is 5.91 Å². The van der Waals surface area contributed by atoms with Crippen LogP contribution in [0.25, 0.3) is 10.9 Å². The van der Waals surface area contributed by atoms with Crippen LogP contribution in [0.15, 0.2) is 35.4 Å². The molecule has 0 bridgehead atoms. The largest absolute Gasteiger partial charge is 0.379 e. The average molecular weight is 399 g/mol. The molecule has 7 heteroatoms. The number of amides is 1. The zero-order valence-corrected chi connectivity index (χ0v) is 16.9. The number of morpholine rings is 1. The van der Waals surface area contributed by atoms with Gasteiger partial charge in [0.1, 0.15) is 0 Å². The summed E-state index contributed by atoms with van der Waals surface area (Å²) in [5.41, 5.74) is 0.768. The van der Waals surface area contributed by atoms with E-state index in [0.717, 1.165) is 64.0 Å². The third-order valence-electron chi connectivity index (χ3n) is 6.23. The van der Waals surface area contributed by atoms with Crippen molar-refractivity contribution in [2.75, 3.05) is 39.4 Å². The van der Waals surface area contributed by atoms with E-state index < -0.39 is 0 Å². The van der Waals surface area contributed by atoms with Crippen LogP contribution in [0, 0.1) is 11.8 Å². The minimum Gasteiger partial charge on any atom is -0.379 e. The number of para-hydroxylation sites is 1. The molecule has 1 saturated carbocycles. The van der Waals surface area contributed by atoms with E-state index in [0.29, 0.717) is 24.4 Å². The van der Waals surface area contributed by atoms with Crippen LogP contribution in [0.2, 0.25) is 0 Å². The first-order chi connectivity index (χ1) is 14.2. The second kappa shape index (κ2) is 9.50. The Morgan fingerprint density at radius 1 is 1.14 bits per heavy atom. The van der Waals surface area contributed by atoms with Crippen molar-refractivity contribution in [1.29, 1.82) is 0 Å². The van der Waals surface area contributed by atoms with Gasteiger partial charge in [-0.25, -0.2) is 4.98 Å². The third kappa shape index (κ3) is 5.03. The van der Waals surface area contributed by atoms with Crippen molar-refractivity contribution in [1.82, 2.24) is 19.8 Å². The van der Waals surface area contributed by atoms with Gasteiger partial charge in [0.15, 0.2) is 0 Å². The Morgan fingerprint density at radius 3 is 2.69 bits per heavy atom. The van der Waals surface area contributed by atoms with Gasteiger partial charge in [-0.05, 0) is 43.7 Å². The summed E-state index contributed by atoms with van der Waals surface area (Å²) in [6.07, 6.45) is 5.39. The monoisotopic (exact) mass is 398 g/mol. The quantitative estimate of drug-likeness (QED) is 0.801. The molecule has 2 aliphatic rings. The lowest BCUT2D eigenvalue weighted by Gasteiger charge is -2.29. The highest BCUT2D eigenvalue weighted by Crippen LogP contribution is 2.29.